The van der Waals surface area contributed by atoms with Crippen molar-refractivity contribution < 1.29 is 0 Å². The zero-order chi connectivity index (χ0) is 18.8. The van der Waals surface area contributed by atoms with Crippen molar-refractivity contribution in [1.29, 1.82) is 0 Å². The van der Waals surface area contributed by atoms with Crippen LogP contribution in [-0.4, -0.2) is 34.3 Å². The zero-order valence-electron chi connectivity index (χ0n) is 16.9. The highest BCUT2D eigenvalue weighted by Gasteiger charge is 2.17. The molecule has 0 aliphatic rings. The first-order valence-corrected chi connectivity index (χ1v) is 9.44. The Bertz CT molecular complexity index is 681. The van der Waals surface area contributed by atoms with Gasteiger partial charge in [-0.1, -0.05) is 58.2 Å². The van der Waals surface area contributed by atoms with E-state index in [4.69, 9.17) is 0 Å². The van der Waals surface area contributed by atoms with Gasteiger partial charge in [0.05, 0.1) is 6.54 Å². The fourth-order valence-corrected chi connectivity index (χ4v) is 2.83. The number of hydrogen-bond acceptors (Lipinski definition) is 3. The van der Waals surface area contributed by atoms with Gasteiger partial charge in [0.15, 0.2) is 11.8 Å². The zero-order valence-corrected chi connectivity index (χ0v) is 19.2. The van der Waals surface area contributed by atoms with Crippen LogP contribution in [0.2, 0.25) is 0 Å². The normalized spacial score (nSPS) is 11.8. The predicted octanol–water partition coefficient (Wildman–Crippen LogP) is 4.16. The molecule has 0 spiro atoms. The van der Waals surface area contributed by atoms with Crippen LogP contribution < -0.4 is 10.6 Å². The molecule has 0 saturated carbocycles. The van der Waals surface area contributed by atoms with Crippen molar-refractivity contribution in [2.45, 2.75) is 53.0 Å². The van der Waals surface area contributed by atoms with E-state index in [-0.39, 0.29) is 29.4 Å². The summed E-state index contributed by atoms with van der Waals surface area (Å²) in [7, 11) is 1.79. The Morgan fingerprint density at radius 1 is 1.15 bits per heavy atom. The molecular weight excluding hydrogens is 451 g/mol. The highest BCUT2D eigenvalue weighted by Crippen LogP contribution is 2.22. The van der Waals surface area contributed by atoms with E-state index in [9.17, 15) is 0 Å². The first-order valence-electron chi connectivity index (χ1n) is 9.44. The number of nitrogens with one attached hydrogen (secondary N) is 2. The predicted molar refractivity (Wildman–Crippen MR) is 123 cm³/mol. The van der Waals surface area contributed by atoms with Crippen LogP contribution in [0.1, 0.15) is 52.3 Å². The van der Waals surface area contributed by atoms with E-state index in [0.29, 0.717) is 6.54 Å². The second kappa shape index (κ2) is 11.9. The van der Waals surface area contributed by atoms with Crippen LogP contribution in [0.25, 0.3) is 5.69 Å². The van der Waals surface area contributed by atoms with Gasteiger partial charge in [-0.2, -0.15) is 0 Å². The van der Waals surface area contributed by atoms with Gasteiger partial charge >= 0.3 is 0 Å². The van der Waals surface area contributed by atoms with E-state index < -0.39 is 0 Å². The van der Waals surface area contributed by atoms with E-state index in [0.717, 1.165) is 24.0 Å². The molecule has 2 N–H and O–H groups in total. The molecule has 1 aromatic heterocycles. The molecule has 0 unspecified atom stereocenters. The molecule has 2 aromatic rings. The van der Waals surface area contributed by atoms with E-state index in [1.54, 1.807) is 13.4 Å². The molecule has 0 amide bonds. The monoisotopic (exact) mass is 484 g/mol. The van der Waals surface area contributed by atoms with E-state index in [1.807, 2.05) is 34.9 Å². The van der Waals surface area contributed by atoms with Crippen molar-refractivity contribution in [2.75, 3.05) is 13.6 Å². The third-order valence-corrected chi connectivity index (χ3v) is 4.48. The molecule has 0 radical (unpaired) electrons. The number of halogens is 1. The number of nitrogens with zero attached hydrogens (tertiary/aromatic N) is 4. The number of hydrogen-bond donors (Lipinski definition) is 2. The number of rotatable bonds is 9. The Labute approximate surface area is 180 Å². The summed E-state index contributed by atoms with van der Waals surface area (Å²) in [6, 6.07) is 10.1. The summed E-state index contributed by atoms with van der Waals surface area (Å²) < 4.78 is 1.98. The lowest BCUT2D eigenvalue weighted by molar-refractivity contribution is 0.318. The number of unbranched alkanes of at least 4 members (excludes halogenated alkanes) is 2. The Balaban J connectivity index is 0.00000364. The molecule has 7 heteroatoms. The molecule has 0 saturated heterocycles. The summed E-state index contributed by atoms with van der Waals surface area (Å²) in [5.74, 6) is 1.64. The second-order valence-corrected chi connectivity index (χ2v) is 7.35. The average molecular weight is 484 g/mol. The standard InChI is InChI=1S/C20H32N6.HI/c1-5-6-10-13-20(2,3)15-23-19(21-4)22-14-18-25-24-16-26(18)17-11-8-7-9-12-17;/h7-9,11-12,16H,5-6,10,13-15H2,1-4H3,(H2,21,22,23);1H. The van der Waals surface area contributed by atoms with Gasteiger partial charge in [0.2, 0.25) is 0 Å². The number of guanidine groups is 1. The Morgan fingerprint density at radius 3 is 2.56 bits per heavy atom. The van der Waals surface area contributed by atoms with Crippen LogP contribution in [0.4, 0.5) is 0 Å². The lowest BCUT2D eigenvalue weighted by Crippen LogP contribution is -2.42. The fourth-order valence-electron chi connectivity index (χ4n) is 2.83. The Morgan fingerprint density at radius 2 is 1.89 bits per heavy atom. The van der Waals surface area contributed by atoms with Gasteiger partial charge in [-0.15, -0.1) is 34.2 Å². The number of benzene rings is 1. The van der Waals surface area contributed by atoms with Crippen molar-refractivity contribution in [2.24, 2.45) is 10.4 Å². The average Bonchev–Trinajstić information content (AvgIpc) is 3.11. The summed E-state index contributed by atoms with van der Waals surface area (Å²) in [5.41, 5.74) is 1.30. The van der Waals surface area contributed by atoms with E-state index in [1.165, 1.54) is 25.7 Å². The second-order valence-electron chi connectivity index (χ2n) is 7.35. The third-order valence-electron chi connectivity index (χ3n) is 4.48. The van der Waals surface area contributed by atoms with Gasteiger partial charge in [-0.05, 0) is 24.0 Å². The summed E-state index contributed by atoms with van der Waals surface area (Å²) >= 11 is 0. The molecule has 2 rings (SSSR count). The summed E-state index contributed by atoms with van der Waals surface area (Å²) in [4.78, 5) is 4.33. The van der Waals surface area contributed by atoms with Crippen LogP contribution in [0.3, 0.4) is 0 Å². The Hall–Kier alpha value is -1.64. The maximum absolute atomic E-state index is 4.33. The fraction of sp³-hybridized carbons (Fsp3) is 0.550. The maximum atomic E-state index is 4.33. The van der Waals surface area contributed by atoms with Gasteiger partial charge in [-0.25, -0.2) is 0 Å². The van der Waals surface area contributed by atoms with Gasteiger partial charge in [0.25, 0.3) is 0 Å². The number of aromatic nitrogens is 3. The third kappa shape index (κ3) is 7.86. The van der Waals surface area contributed by atoms with Crippen molar-refractivity contribution in [3.8, 4) is 5.69 Å². The molecule has 0 aliphatic carbocycles. The summed E-state index contributed by atoms with van der Waals surface area (Å²) in [6.07, 6.45) is 6.78. The topological polar surface area (TPSA) is 67.1 Å². The minimum atomic E-state index is 0. The van der Waals surface area contributed by atoms with Crippen LogP contribution >= 0.6 is 24.0 Å². The molecule has 0 atom stereocenters. The van der Waals surface area contributed by atoms with Gasteiger partial charge in [-0.3, -0.25) is 9.56 Å². The smallest absolute Gasteiger partial charge is 0.191 e. The van der Waals surface area contributed by atoms with Gasteiger partial charge < -0.3 is 10.6 Å². The molecule has 1 heterocycles. The molecule has 1 aromatic carbocycles. The molecular formula is C20H33IN6. The van der Waals surface area contributed by atoms with Crippen molar-refractivity contribution in [1.82, 2.24) is 25.4 Å². The maximum Gasteiger partial charge on any atom is 0.191 e. The van der Waals surface area contributed by atoms with Crippen molar-refractivity contribution in [3.63, 3.8) is 0 Å². The highest BCUT2D eigenvalue weighted by atomic mass is 127. The first-order chi connectivity index (χ1) is 12.6. The van der Waals surface area contributed by atoms with Gasteiger partial charge in [0, 0.05) is 19.3 Å². The number of aliphatic imine (C=N–C) groups is 1. The first kappa shape index (κ1) is 23.4. The summed E-state index contributed by atoms with van der Waals surface area (Å²) in [6.45, 7) is 8.29. The molecule has 150 valence electrons. The van der Waals surface area contributed by atoms with Crippen LogP contribution in [0, 0.1) is 5.41 Å². The van der Waals surface area contributed by atoms with Crippen molar-refractivity contribution >= 4 is 29.9 Å². The van der Waals surface area contributed by atoms with Crippen LogP contribution in [-0.2, 0) is 6.54 Å². The minimum Gasteiger partial charge on any atom is -0.356 e. The van der Waals surface area contributed by atoms with Gasteiger partial charge in [0.1, 0.15) is 6.33 Å². The van der Waals surface area contributed by atoms with E-state index in [2.05, 4.69) is 46.6 Å². The molecule has 0 bridgehead atoms. The minimum absolute atomic E-state index is 0. The van der Waals surface area contributed by atoms with Crippen LogP contribution in [0.15, 0.2) is 41.7 Å². The largest absolute Gasteiger partial charge is 0.356 e. The molecule has 27 heavy (non-hydrogen) atoms. The lowest BCUT2D eigenvalue weighted by atomic mass is 9.87. The summed E-state index contributed by atoms with van der Waals surface area (Å²) in [5, 5.41) is 15.0. The molecule has 6 nitrogen and oxygen atoms in total. The SMILES string of the molecule is CCCCCC(C)(C)CNC(=NC)NCc1nncn1-c1ccccc1.I. The molecule has 0 fully saturated rings. The molecule has 0 aliphatic heterocycles. The lowest BCUT2D eigenvalue weighted by Gasteiger charge is -2.26. The van der Waals surface area contributed by atoms with Crippen molar-refractivity contribution in [3.05, 3.63) is 42.5 Å². The van der Waals surface area contributed by atoms with Crippen LogP contribution in [0.5, 0.6) is 0 Å². The highest BCUT2D eigenvalue weighted by molar-refractivity contribution is 14.0. The Kier molecular flexibility index (Phi) is 10.4. The number of para-hydroxylation sites is 1. The van der Waals surface area contributed by atoms with E-state index >= 15 is 0 Å². The quantitative estimate of drug-likeness (QED) is 0.243.